The number of urea groups is 2. The number of rotatable bonds is 9. The van der Waals surface area contributed by atoms with E-state index in [1.807, 2.05) is 19.1 Å². The molecule has 1 saturated heterocycles. The zero-order valence-electron chi connectivity index (χ0n) is 19.3. The van der Waals surface area contributed by atoms with Crippen LogP contribution in [0.15, 0.2) is 36.4 Å². The number of likely N-dealkylation sites (tertiary alicyclic amines) is 1. The Balaban J connectivity index is 1.59. The van der Waals surface area contributed by atoms with Crippen molar-refractivity contribution in [2.75, 3.05) is 38.0 Å². The van der Waals surface area contributed by atoms with Crippen LogP contribution in [0.25, 0.3) is 0 Å². The van der Waals surface area contributed by atoms with Gasteiger partial charge in [-0.05, 0) is 62.2 Å². The molecule has 0 spiro atoms. The molecule has 0 aromatic heterocycles. The van der Waals surface area contributed by atoms with Crippen molar-refractivity contribution in [3.8, 4) is 0 Å². The van der Waals surface area contributed by atoms with Crippen LogP contribution in [0.2, 0.25) is 20.1 Å². The van der Waals surface area contributed by atoms with Crippen molar-refractivity contribution in [2.45, 2.75) is 31.7 Å². The zero-order valence-corrected chi connectivity index (χ0v) is 22.4. The van der Waals surface area contributed by atoms with Crippen LogP contribution in [0, 0.1) is 0 Å². The van der Waals surface area contributed by atoms with Crippen molar-refractivity contribution in [1.29, 1.82) is 0 Å². The first-order valence-electron chi connectivity index (χ1n) is 11.5. The highest BCUT2D eigenvalue weighted by Gasteiger charge is 2.25. The summed E-state index contributed by atoms with van der Waals surface area (Å²) in [6.07, 6.45) is 1.69. The molecular weight excluding hydrogens is 532 g/mol. The van der Waals surface area contributed by atoms with Gasteiger partial charge >= 0.3 is 12.1 Å². The predicted octanol–water partition coefficient (Wildman–Crippen LogP) is 5.99. The third-order valence-electron chi connectivity index (χ3n) is 5.78. The van der Waals surface area contributed by atoms with Gasteiger partial charge in [0, 0.05) is 53.9 Å². The van der Waals surface area contributed by atoms with Gasteiger partial charge in [0.05, 0.1) is 10.0 Å². The van der Waals surface area contributed by atoms with Crippen molar-refractivity contribution in [3.63, 3.8) is 0 Å². The van der Waals surface area contributed by atoms with E-state index in [0.29, 0.717) is 38.9 Å². The molecule has 1 aliphatic rings. The largest absolute Gasteiger partial charge is 0.338 e. The number of carbonyl (C=O) groups is 2. The Bertz CT molecular complexity index is 1020. The number of benzene rings is 2. The van der Waals surface area contributed by atoms with Gasteiger partial charge in [0.25, 0.3) is 0 Å². The Morgan fingerprint density at radius 1 is 1.00 bits per heavy atom. The Labute approximate surface area is 225 Å². The number of hydrogen-bond donors (Lipinski definition) is 4. The number of amides is 4. The van der Waals surface area contributed by atoms with Crippen LogP contribution in [0.5, 0.6) is 0 Å². The summed E-state index contributed by atoms with van der Waals surface area (Å²) in [7, 11) is 0. The average molecular weight is 561 g/mol. The van der Waals surface area contributed by atoms with Crippen LogP contribution < -0.4 is 21.3 Å². The van der Waals surface area contributed by atoms with Crippen LogP contribution in [0.1, 0.15) is 31.2 Å². The molecule has 1 aliphatic heterocycles. The Kier molecular flexibility index (Phi) is 10.6. The molecule has 1 heterocycles. The second kappa shape index (κ2) is 13.4. The van der Waals surface area contributed by atoms with Crippen molar-refractivity contribution in [1.82, 2.24) is 20.9 Å². The minimum Gasteiger partial charge on any atom is -0.338 e. The van der Waals surface area contributed by atoms with E-state index < -0.39 is 0 Å². The second-order valence-electron chi connectivity index (χ2n) is 8.44. The molecule has 2 atom stereocenters. The maximum atomic E-state index is 12.5. The van der Waals surface area contributed by atoms with Crippen molar-refractivity contribution < 1.29 is 9.59 Å². The van der Waals surface area contributed by atoms with Gasteiger partial charge in [-0.2, -0.15) is 0 Å². The Morgan fingerprint density at radius 2 is 1.74 bits per heavy atom. The van der Waals surface area contributed by atoms with Crippen LogP contribution >= 0.6 is 46.4 Å². The Morgan fingerprint density at radius 3 is 2.43 bits per heavy atom. The SMILES string of the molecule is CCNC(=O)NC1CCN(CCC(CNC(=O)Nc2cc(Cl)cc(Cl)c2)c2ccc(Cl)c(Cl)c2)C1. The van der Waals surface area contributed by atoms with Gasteiger partial charge in [-0.1, -0.05) is 52.5 Å². The molecule has 4 amide bonds. The van der Waals surface area contributed by atoms with Gasteiger partial charge in [-0.3, -0.25) is 0 Å². The number of halogens is 4. The van der Waals surface area contributed by atoms with E-state index in [1.165, 1.54) is 0 Å². The third kappa shape index (κ3) is 8.92. The summed E-state index contributed by atoms with van der Waals surface area (Å²) in [4.78, 5) is 26.7. The summed E-state index contributed by atoms with van der Waals surface area (Å²) in [5.41, 5.74) is 1.50. The minimum atomic E-state index is -0.360. The highest BCUT2D eigenvalue weighted by Crippen LogP contribution is 2.29. The molecule has 2 aromatic rings. The van der Waals surface area contributed by atoms with E-state index in [0.717, 1.165) is 38.0 Å². The highest BCUT2D eigenvalue weighted by atomic mass is 35.5. The van der Waals surface area contributed by atoms with E-state index in [1.54, 1.807) is 24.3 Å². The lowest BCUT2D eigenvalue weighted by Gasteiger charge is -2.23. The first kappa shape index (κ1) is 27.7. The third-order valence-corrected chi connectivity index (χ3v) is 6.96. The molecule has 7 nitrogen and oxygen atoms in total. The maximum absolute atomic E-state index is 12.5. The number of nitrogens with zero attached hydrogens (tertiary/aromatic N) is 1. The lowest BCUT2D eigenvalue weighted by molar-refractivity contribution is 0.236. The fourth-order valence-corrected chi connectivity index (χ4v) is 4.89. The van der Waals surface area contributed by atoms with Crippen LogP contribution in [0.4, 0.5) is 15.3 Å². The molecule has 11 heteroatoms. The lowest BCUT2D eigenvalue weighted by Crippen LogP contribution is -2.43. The molecule has 4 N–H and O–H groups in total. The summed E-state index contributed by atoms with van der Waals surface area (Å²) >= 11 is 24.4. The van der Waals surface area contributed by atoms with E-state index in [2.05, 4.69) is 26.2 Å². The molecule has 190 valence electrons. The van der Waals surface area contributed by atoms with Crippen LogP contribution in [-0.2, 0) is 0 Å². The van der Waals surface area contributed by atoms with Crippen LogP contribution in [-0.4, -0.2) is 55.7 Å². The first-order chi connectivity index (χ1) is 16.7. The molecule has 2 aromatic carbocycles. The molecule has 3 rings (SSSR count). The number of hydrogen-bond acceptors (Lipinski definition) is 3. The molecular formula is C24H29Cl4N5O2. The summed E-state index contributed by atoms with van der Waals surface area (Å²) < 4.78 is 0. The lowest BCUT2D eigenvalue weighted by atomic mass is 9.95. The number of anilines is 1. The standard InChI is InChI=1S/C24H29Cl4N5O2/c1-2-29-23(34)31-19-6-8-33(14-19)7-5-16(15-3-4-21(27)22(28)9-15)13-30-24(35)32-20-11-17(25)10-18(26)12-20/h3-4,9-12,16,19H,2,5-8,13-14H2,1H3,(H2,29,31,34)(H2,30,32,35). The topological polar surface area (TPSA) is 85.5 Å². The van der Waals surface area contributed by atoms with Gasteiger partial charge in [0.1, 0.15) is 0 Å². The normalized spacial score (nSPS) is 16.5. The van der Waals surface area contributed by atoms with Gasteiger partial charge < -0.3 is 26.2 Å². The summed E-state index contributed by atoms with van der Waals surface area (Å²) in [6.45, 7) is 5.38. The summed E-state index contributed by atoms with van der Waals surface area (Å²) in [6, 6.07) is 10.0. The molecule has 35 heavy (non-hydrogen) atoms. The molecule has 1 fully saturated rings. The smallest absolute Gasteiger partial charge is 0.319 e. The Hall–Kier alpha value is -1.90. The van der Waals surface area contributed by atoms with E-state index in [-0.39, 0.29) is 24.0 Å². The maximum Gasteiger partial charge on any atom is 0.319 e. The van der Waals surface area contributed by atoms with Crippen molar-refractivity contribution >= 4 is 64.2 Å². The number of nitrogens with one attached hydrogen (secondary N) is 4. The monoisotopic (exact) mass is 559 g/mol. The average Bonchev–Trinajstić information content (AvgIpc) is 3.22. The summed E-state index contributed by atoms with van der Waals surface area (Å²) in [5.74, 6) is 0.00821. The van der Waals surface area contributed by atoms with Gasteiger partial charge in [-0.25, -0.2) is 9.59 Å². The molecule has 2 unspecified atom stereocenters. The van der Waals surface area contributed by atoms with E-state index >= 15 is 0 Å². The van der Waals surface area contributed by atoms with Gasteiger partial charge in [0.2, 0.25) is 0 Å². The van der Waals surface area contributed by atoms with Gasteiger partial charge in [0.15, 0.2) is 0 Å². The minimum absolute atomic E-state index is 0.00821. The molecule has 0 radical (unpaired) electrons. The molecule has 0 saturated carbocycles. The van der Waals surface area contributed by atoms with Crippen molar-refractivity contribution in [2.24, 2.45) is 0 Å². The van der Waals surface area contributed by atoms with E-state index in [4.69, 9.17) is 46.4 Å². The highest BCUT2D eigenvalue weighted by molar-refractivity contribution is 6.42. The van der Waals surface area contributed by atoms with Gasteiger partial charge in [-0.15, -0.1) is 0 Å². The quantitative estimate of drug-likeness (QED) is 0.304. The van der Waals surface area contributed by atoms with Crippen molar-refractivity contribution in [3.05, 3.63) is 62.1 Å². The molecule has 0 bridgehead atoms. The second-order valence-corrected chi connectivity index (χ2v) is 10.1. The fourth-order valence-electron chi connectivity index (χ4n) is 4.06. The fraction of sp³-hybridized carbons (Fsp3) is 0.417. The molecule has 0 aliphatic carbocycles. The van der Waals surface area contributed by atoms with E-state index in [9.17, 15) is 9.59 Å². The number of carbonyl (C=O) groups excluding carboxylic acids is 2. The first-order valence-corrected chi connectivity index (χ1v) is 13.0. The summed E-state index contributed by atoms with van der Waals surface area (Å²) in [5, 5.41) is 13.3. The van der Waals surface area contributed by atoms with Crippen LogP contribution in [0.3, 0.4) is 0 Å². The predicted molar refractivity (Wildman–Crippen MR) is 144 cm³/mol. The zero-order chi connectivity index (χ0) is 25.4.